The Morgan fingerprint density at radius 1 is 1.13 bits per heavy atom. The number of sulfone groups is 1. The molecule has 0 unspecified atom stereocenters. The summed E-state index contributed by atoms with van der Waals surface area (Å²) in [6.45, 7) is 1.05. The molecule has 23 heavy (non-hydrogen) atoms. The van der Waals surface area contributed by atoms with E-state index in [9.17, 15) is 13.2 Å². The number of aryl methyl sites for hydroxylation is 1. The number of carbonyl (C=O) groups is 1. The molecule has 0 radical (unpaired) electrons. The second-order valence-corrected chi connectivity index (χ2v) is 8.75. The van der Waals surface area contributed by atoms with E-state index in [0.717, 1.165) is 25.7 Å². The normalized spacial score (nSPS) is 21.5. The Bertz CT molecular complexity index is 656. The van der Waals surface area contributed by atoms with E-state index in [-0.39, 0.29) is 17.0 Å². The molecule has 1 aromatic heterocycles. The Labute approximate surface area is 137 Å². The minimum Gasteiger partial charge on any atom is -0.342 e. The molecule has 3 rings (SSSR count). The standard InChI is InChI=1S/C15H24N4O3S/c1-18-11-16-17-15(18)23(21,22)13-7-9-19(10-8-13)14(20)12-5-3-2-4-6-12/h11-13H,2-10H2,1H3. The van der Waals surface area contributed by atoms with E-state index in [1.54, 1.807) is 7.05 Å². The van der Waals surface area contributed by atoms with Gasteiger partial charge in [-0.05, 0) is 25.7 Å². The Morgan fingerprint density at radius 3 is 2.35 bits per heavy atom. The van der Waals surface area contributed by atoms with E-state index >= 15 is 0 Å². The van der Waals surface area contributed by atoms with E-state index in [0.29, 0.717) is 25.9 Å². The summed E-state index contributed by atoms with van der Waals surface area (Å²) < 4.78 is 26.7. The van der Waals surface area contributed by atoms with Crippen molar-refractivity contribution in [2.75, 3.05) is 13.1 Å². The van der Waals surface area contributed by atoms with Gasteiger partial charge in [0.2, 0.25) is 20.9 Å². The van der Waals surface area contributed by atoms with Crippen molar-refractivity contribution in [3.8, 4) is 0 Å². The quantitative estimate of drug-likeness (QED) is 0.824. The van der Waals surface area contributed by atoms with Crippen molar-refractivity contribution in [1.82, 2.24) is 19.7 Å². The number of piperidine rings is 1. The molecule has 1 aliphatic heterocycles. The smallest absolute Gasteiger partial charge is 0.249 e. The highest BCUT2D eigenvalue weighted by Gasteiger charge is 2.36. The predicted molar refractivity (Wildman–Crippen MR) is 84.4 cm³/mol. The fraction of sp³-hybridized carbons (Fsp3) is 0.800. The van der Waals surface area contributed by atoms with Gasteiger partial charge in [-0.15, -0.1) is 10.2 Å². The summed E-state index contributed by atoms with van der Waals surface area (Å²) in [6.07, 6.45) is 7.81. The second-order valence-electron chi connectivity index (χ2n) is 6.63. The summed E-state index contributed by atoms with van der Waals surface area (Å²) >= 11 is 0. The van der Waals surface area contributed by atoms with Gasteiger partial charge in [0.25, 0.3) is 0 Å². The van der Waals surface area contributed by atoms with Gasteiger partial charge < -0.3 is 9.47 Å². The molecule has 8 heteroatoms. The molecule has 0 atom stereocenters. The molecule has 0 aromatic carbocycles. The van der Waals surface area contributed by atoms with E-state index < -0.39 is 15.1 Å². The first-order chi connectivity index (χ1) is 11.0. The summed E-state index contributed by atoms with van der Waals surface area (Å²) in [5, 5.41) is 6.94. The molecule has 1 amide bonds. The van der Waals surface area contributed by atoms with Crippen LogP contribution in [-0.2, 0) is 21.7 Å². The van der Waals surface area contributed by atoms with E-state index in [4.69, 9.17) is 0 Å². The molecule has 1 aromatic rings. The molecule has 1 aliphatic carbocycles. The summed E-state index contributed by atoms with van der Waals surface area (Å²) in [5.41, 5.74) is 0. The third kappa shape index (κ3) is 3.27. The van der Waals surface area contributed by atoms with Gasteiger partial charge in [-0.3, -0.25) is 4.79 Å². The lowest BCUT2D eigenvalue weighted by Gasteiger charge is -2.34. The molecular formula is C15H24N4O3S. The van der Waals surface area contributed by atoms with Crippen LogP contribution in [0.2, 0.25) is 0 Å². The Hall–Kier alpha value is -1.44. The van der Waals surface area contributed by atoms with Crippen LogP contribution in [0, 0.1) is 5.92 Å². The van der Waals surface area contributed by atoms with Crippen molar-refractivity contribution in [2.45, 2.75) is 55.4 Å². The highest BCUT2D eigenvalue weighted by atomic mass is 32.2. The van der Waals surface area contributed by atoms with E-state index in [2.05, 4.69) is 10.2 Å². The number of nitrogens with zero attached hydrogens (tertiary/aromatic N) is 4. The predicted octanol–water partition coefficient (Wildman–Crippen LogP) is 1.16. The molecule has 2 fully saturated rings. The molecule has 0 bridgehead atoms. The van der Waals surface area contributed by atoms with Crippen LogP contribution >= 0.6 is 0 Å². The zero-order chi connectivity index (χ0) is 16.4. The van der Waals surface area contributed by atoms with Crippen LogP contribution in [0.3, 0.4) is 0 Å². The third-order valence-corrected chi connectivity index (χ3v) is 7.30. The van der Waals surface area contributed by atoms with Crippen molar-refractivity contribution in [3.05, 3.63) is 6.33 Å². The van der Waals surface area contributed by atoms with Gasteiger partial charge in [-0.2, -0.15) is 0 Å². The van der Waals surface area contributed by atoms with Crippen LogP contribution in [0.25, 0.3) is 0 Å². The SMILES string of the molecule is Cn1cnnc1S(=O)(=O)C1CCN(C(=O)C2CCCCC2)CC1. The highest BCUT2D eigenvalue weighted by Crippen LogP contribution is 2.28. The Kier molecular flexibility index (Phi) is 4.70. The van der Waals surface area contributed by atoms with Crippen LogP contribution in [0.4, 0.5) is 0 Å². The maximum atomic E-state index is 12.6. The van der Waals surface area contributed by atoms with Gasteiger partial charge in [0.05, 0.1) is 5.25 Å². The van der Waals surface area contributed by atoms with Gasteiger partial charge in [0.15, 0.2) is 0 Å². The fourth-order valence-electron chi connectivity index (χ4n) is 3.67. The van der Waals surface area contributed by atoms with Crippen LogP contribution < -0.4 is 0 Å². The minimum atomic E-state index is -3.47. The summed E-state index contributed by atoms with van der Waals surface area (Å²) in [7, 11) is -1.84. The maximum absolute atomic E-state index is 12.6. The molecule has 128 valence electrons. The number of hydrogen-bond donors (Lipinski definition) is 0. The van der Waals surface area contributed by atoms with E-state index in [1.807, 2.05) is 4.90 Å². The maximum Gasteiger partial charge on any atom is 0.249 e. The van der Waals surface area contributed by atoms with Gasteiger partial charge in [-0.25, -0.2) is 8.42 Å². The molecule has 2 aliphatic rings. The van der Waals surface area contributed by atoms with Crippen LogP contribution in [0.15, 0.2) is 11.5 Å². The van der Waals surface area contributed by atoms with Crippen LogP contribution in [-0.4, -0.2) is 52.3 Å². The first kappa shape index (κ1) is 16.4. The molecule has 1 saturated heterocycles. The van der Waals surface area contributed by atoms with Gasteiger partial charge in [-0.1, -0.05) is 19.3 Å². The molecule has 7 nitrogen and oxygen atoms in total. The molecule has 2 heterocycles. The lowest BCUT2D eigenvalue weighted by Crippen LogP contribution is -2.45. The second kappa shape index (κ2) is 6.59. The fourth-order valence-corrected chi connectivity index (χ4v) is 5.41. The summed E-state index contributed by atoms with van der Waals surface area (Å²) in [5.74, 6) is 0.370. The van der Waals surface area contributed by atoms with E-state index in [1.165, 1.54) is 17.3 Å². The van der Waals surface area contributed by atoms with Crippen molar-refractivity contribution in [2.24, 2.45) is 13.0 Å². The number of amides is 1. The highest BCUT2D eigenvalue weighted by molar-refractivity contribution is 7.91. The monoisotopic (exact) mass is 340 g/mol. The first-order valence-electron chi connectivity index (χ1n) is 8.37. The molecule has 0 N–H and O–H groups in total. The summed E-state index contributed by atoms with van der Waals surface area (Å²) in [4.78, 5) is 14.4. The van der Waals surface area contributed by atoms with Gasteiger partial charge in [0.1, 0.15) is 6.33 Å². The third-order valence-electron chi connectivity index (χ3n) is 5.07. The zero-order valence-electron chi connectivity index (χ0n) is 13.5. The lowest BCUT2D eigenvalue weighted by molar-refractivity contribution is -0.137. The minimum absolute atomic E-state index is 0.0227. The molecule has 0 spiro atoms. The first-order valence-corrected chi connectivity index (χ1v) is 9.91. The van der Waals surface area contributed by atoms with Gasteiger partial charge in [0, 0.05) is 26.1 Å². The lowest BCUT2D eigenvalue weighted by atomic mass is 9.88. The molecule has 1 saturated carbocycles. The number of rotatable bonds is 3. The number of carbonyl (C=O) groups excluding carboxylic acids is 1. The number of hydrogen-bond acceptors (Lipinski definition) is 5. The largest absolute Gasteiger partial charge is 0.342 e. The van der Waals surface area contributed by atoms with Crippen LogP contribution in [0.1, 0.15) is 44.9 Å². The Morgan fingerprint density at radius 2 is 1.78 bits per heavy atom. The number of aromatic nitrogens is 3. The average molecular weight is 340 g/mol. The Balaban J connectivity index is 1.62. The topological polar surface area (TPSA) is 85.2 Å². The summed E-state index contributed by atoms with van der Waals surface area (Å²) in [6, 6.07) is 0. The van der Waals surface area contributed by atoms with Crippen molar-refractivity contribution < 1.29 is 13.2 Å². The van der Waals surface area contributed by atoms with Crippen molar-refractivity contribution in [3.63, 3.8) is 0 Å². The average Bonchev–Trinajstić information content (AvgIpc) is 3.02. The van der Waals surface area contributed by atoms with Crippen LogP contribution in [0.5, 0.6) is 0 Å². The number of likely N-dealkylation sites (tertiary alicyclic amines) is 1. The van der Waals surface area contributed by atoms with Crippen molar-refractivity contribution >= 4 is 15.7 Å². The van der Waals surface area contributed by atoms with Crippen molar-refractivity contribution in [1.29, 1.82) is 0 Å². The van der Waals surface area contributed by atoms with Gasteiger partial charge >= 0.3 is 0 Å². The molecular weight excluding hydrogens is 316 g/mol. The zero-order valence-corrected chi connectivity index (χ0v) is 14.3.